The zero-order valence-electron chi connectivity index (χ0n) is 10.9. The summed E-state index contributed by atoms with van der Waals surface area (Å²) in [5.41, 5.74) is -1.28. The highest BCUT2D eigenvalue weighted by molar-refractivity contribution is 6.18. The molecule has 0 aromatic carbocycles. The Bertz CT molecular complexity index is 415. The van der Waals surface area contributed by atoms with E-state index < -0.39 is 23.3 Å². The van der Waals surface area contributed by atoms with E-state index in [2.05, 4.69) is 5.32 Å². The number of amides is 5. The topological polar surface area (TPSA) is 86.8 Å². The van der Waals surface area contributed by atoms with Crippen LogP contribution in [0.3, 0.4) is 0 Å². The van der Waals surface area contributed by atoms with Crippen LogP contribution in [-0.2, 0) is 14.4 Å². The average Bonchev–Trinajstić information content (AvgIpc) is 2.26. The number of hydrogen-bond acceptors (Lipinski definition) is 4. The Morgan fingerprint density at radius 1 is 1.28 bits per heavy atom. The van der Waals surface area contributed by atoms with Crippen LogP contribution in [0.15, 0.2) is 0 Å². The van der Waals surface area contributed by atoms with Crippen molar-refractivity contribution in [3.8, 4) is 0 Å². The molecule has 1 rings (SSSR count). The van der Waals surface area contributed by atoms with Crippen molar-refractivity contribution in [3.05, 3.63) is 0 Å². The number of rotatable bonds is 3. The predicted molar refractivity (Wildman–Crippen MR) is 62.3 cm³/mol. The van der Waals surface area contributed by atoms with Crippen LogP contribution in [-0.4, -0.2) is 54.2 Å². The van der Waals surface area contributed by atoms with Gasteiger partial charge in [-0.05, 0) is 13.8 Å². The second-order valence-corrected chi connectivity index (χ2v) is 4.88. The zero-order valence-corrected chi connectivity index (χ0v) is 10.9. The quantitative estimate of drug-likeness (QED) is 0.693. The van der Waals surface area contributed by atoms with Gasteiger partial charge < -0.3 is 4.90 Å². The summed E-state index contributed by atoms with van der Waals surface area (Å²) < 4.78 is 0. The van der Waals surface area contributed by atoms with Gasteiger partial charge in [-0.2, -0.15) is 0 Å². The number of carbonyl (C=O) groups excluding carboxylic acids is 4. The standard InChI is InChI=1S/C11H17N3O4/c1-11(2)8(16)12-10(18)14(9(11)17)6-5-7(15)13(3)4/h5-6H2,1-4H3,(H,12,16,18). The number of barbiturate groups is 1. The van der Waals surface area contributed by atoms with Crippen LogP contribution in [0.1, 0.15) is 20.3 Å². The first kappa shape index (κ1) is 14.1. The molecule has 5 amide bonds. The highest BCUT2D eigenvalue weighted by Crippen LogP contribution is 2.23. The molecule has 0 spiro atoms. The molecule has 18 heavy (non-hydrogen) atoms. The molecule has 100 valence electrons. The van der Waals surface area contributed by atoms with Crippen LogP contribution >= 0.6 is 0 Å². The van der Waals surface area contributed by atoms with Gasteiger partial charge in [0.25, 0.3) is 0 Å². The number of urea groups is 1. The summed E-state index contributed by atoms with van der Waals surface area (Å²) in [6.07, 6.45) is 0.0381. The number of carbonyl (C=O) groups is 4. The van der Waals surface area contributed by atoms with E-state index >= 15 is 0 Å². The van der Waals surface area contributed by atoms with Crippen molar-refractivity contribution in [1.29, 1.82) is 0 Å². The number of nitrogens with zero attached hydrogens (tertiary/aromatic N) is 2. The van der Waals surface area contributed by atoms with E-state index in [4.69, 9.17) is 0 Å². The molecular weight excluding hydrogens is 238 g/mol. The van der Waals surface area contributed by atoms with E-state index in [-0.39, 0.29) is 18.9 Å². The molecule has 0 aromatic rings. The summed E-state index contributed by atoms with van der Waals surface area (Å²) in [6, 6.07) is -0.768. The van der Waals surface area contributed by atoms with Crippen molar-refractivity contribution in [2.45, 2.75) is 20.3 Å². The third kappa shape index (κ3) is 2.49. The van der Waals surface area contributed by atoms with E-state index in [1.165, 1.54) is 18.7 Å². The molecule has 1 N–H and O–H groups in total. The Morgan fingerprint density at radius 3 is 2.33 bits per heavy atom. The van der Waals surface area contributed by atoms with Crippen LogP contribution in [0.4, 0.5) is 4.79 Å². The Hall–Kier alpha value is -1.92. The van der Waals surface area contributed by atoms with E-state index in [1.54, 1.807) is 14.1 Å². The maximum Gasteiger partial charge on any atom is 0.330 e. The van der Waals surface area contributed by atoms with E-state index in [0.29, 0.717) is 0 Å². The fourth-order valence-corrected chi connectivity index (χ4v) is 1.48. The Labute approximate surface area is 105 Å². The van der Waals surface area contributed by atoms with Crippen LogP contribution in [0.25, 0.3) is 0 Å². The van der Waals surface area contributed by atoms with Gasteiger partial charge in [0, 0.05) is 27.1 Å². The van der Waals surface area contributed by atoms with Crippen LogP contribution < -0.4 is 5.32 Å². The molecule has 0 aromatic heterocycles. The Balaban J connectivity index is 2.76. The van der Waals surface area contributed by atoms with Crippen LogP contribution in [0.2, 0.25) is 0 Å². The summed E-state index contributed by atoms with van der Waals surface area (Å²) in [6.45, 7) is 2.86. The average molecular weight is 255 g/mol. The minimum absolute atomic E-state index is 0.0294. The molecule has 1 fully saturated rings. The first-order valence-electron chi connectivity index (χ1n) is 5.55. The maximum absolute atomic E-state index is 12.0. The zero-order chi connectivity index (χ0) is 14.1. The van der Waals surface area contributed by atoms with Gasteiger partial charge in [-0.25, -0.2) is 4.79 Å². The van der Waals surface area contributed by atoms with Crippen molar-refractivity contribution in [2.75, 3.05) is 20.6 Å². The van der Waals surface area contributed by atoms with Gasteiger partial charge in [0.15, 0.2) is 0 Å². The summed E-state index contributed by atoms with van der Waals surface area (Å²) in [5, 5.41) is 2.11. The molecule has 7 heteroatoms. The van der Waals surface area contributed by atoms with Crippen LogP contribution in [0.5, 0.6) is 0 Å². The van der Waals surface area contributed by atoms with Gasteiger partial charge in [0.05, 0.1) is 0 Å². The molecule has 1 aliphatic heterocycles. The normalized spacial score (nSPS) is 18.7. The van der Waals surface area contributed by atoms with Crippen molar-refractivity contribution < 1.29 is 19.2 Å². The second kappa shape index (κ2) is 4.75. The van der Waals surface area contributed by atoms with E-state index in [1.807, 2.05) is 0 Å². The first-order valence-corrected chi connectivity index (χ1v) is 5.55. The third-order valence-corrected chi connectivity index (χ3v) is 2.86. The molecule has 0 aliphatic carbocycles. The van der Waals surface area contributed by atoms with Gasteiger partial charge in [0.1, 0.15) is 5.41 Å². The fourth-order valence-electron chi connectivity index (χ4n) is 1.48. The van der Waals surface area contributed by atoms with Crippen molar-refractivity contribution in [1.82, 2.24) is 15.1 Å². The highest BCUT2D eigenvalue weighted by Gasteiger charge is 2.46. The number of imide groups is 2. The monoisotopic (exact) mass is 255 g/mol. The lowest BCUT2D eigenvalue weighted by Crippen LogP contribution is -2.62. The predicted octanol–water partition coefficient (Wildman–Crippen LogP) is -0.431. The molecule has 0 atom stereocenters. The Morgan fingerprint density at radius 2 is 1.83 bits per heavy atom. The smallest absolute Gasteiger partial charge is 0.330 e. The minimum Gasteiger partial charge on any atom is -0.349 e. The number of nitrogens with one attached hydrogen (secondary N) is 1. The first-order chi connectivity index (χ1) is 8.17. The van der Waals surface area contributed by atoms with Gasteiger partial charge in [0.2, 0.25) is 17.7 Å². The van der Waals surface area contributed by atoms with Gasteiger partial charge in [-0.15, -0.1) is 0 Å². The Kier molecular flexibility index (Phi) is 3.73. The number of hydrogen-bond donors (Lipinski definition) is 1. The van der Waals surface area contributed by atoms with E-state index in [0.717, 1.165) is 4.90 Å². The summed E-state index contributed by atoms with van der Waals surface area (Å²) in [4.78, 5) is 48.7. The molecular formula is C11H17N3O4. The van der Waals surface area contributed by atoms with Crippen molar-refractivity contribution in [2.24, 2.45) is 5.41 Å². The molecule has 1 aliphatic rings. The van der Waals surface area contributed by atoms with E-state index in [9.17, 15) is 19.2 Å². The van der Waals surface area contributed by atoms with Crippen molar-refractivity contribution >= 4 is 23.8 Å². The highest BCUT2D eigenvalue weighted by atomic mass is 16.2. The molecule has 0 unspecified atom stereocenters. The molecule has 1 heterocycles. The third-order valence-electron chi connectivity index (χ3n) is 2.86. The van der Waals surface area contributed by atoms with Crippen LogP contribution in [0, 0.1) is 5.41 Å². The largest absolute Gasteiger partial charge is 0.349 e. The summed E-state index contributed by atoms with van der Waals surface area (Å²) >= 11 is 0. The van der Waals surface area contributed by atoms with Gasteiger partial charge >= 0.3 is 6.03 Å². The second-order valence-electron chi connectivity index (χ2n) is 4.88. The fraction of sp³-hybridized carbons (Fsp3) is 0.636. The minimum atomic E-state index is -1.28. The SMILES string of the molecule is CN(C)C(=O)CCN1C(=O)NC(=O)C(C)(C)C1=O. The molecule has 0 bridgehead atoms. The van der Waals surface area contributed by atoms with Gasteiger partial charge in [-0.1, -0.05) is 0 Å². The molecule has 0 radical (unpaired) electrons. The lowest BCUT2D eigenvalue weighted by molar-refractivity contribution is -0.149. The molecule has 1 saturated heterocycles. The van der Waals surface area contributed by atoms with Crippen molar-refractivity contribution in [3.63, 3.8) is 0 Å². The maximum atomic E-state index is 12.0. The summed E-state index contributed by atoms with van der Waals surface area (Å²) in [5.74, 6) is -1.39. The lowest BCUT2D eigenvalue weighted by Gasteiger charge is -2.34. The molecule has 0 saturated carbocycles. The molecule has 7 nitrogen and oxygen atoms in total. The lowest BCUT2D eigenvalue weighted by atomic mass is 9.89. The van der Waals surface area contributed by atoms with Gasteiger partial charge in [-0.3, -0.25) is 24.6 Å². The summed E-state index contributed by atoms with van der Waals surface area (Å²) in [7, 11) is 3.18.